The van der Waals surface area contributed by atoms with Crippen molar-refractivity contribution in [3.8, 4) is 0 Å². The highest BCUT2D eigenvalue weighted by Crippen LogP contribution is 2.23. The van der Waals surface area contributed by atoms with Crippen molar-refractivity contribution >= 4 is 23.2 Å². The highest BCUT2D eigenvalue weighted by molar-refractivity contribution is 7.11. The Morgan fingerprint density at radius 1 is 1.30 bits per heavy atom. The predicted molar refractivity (Wildman–Crippen MR) is 106 cm³/mol. The minimum atomic E-state index is -1.20. The van der Waals surface area contributed by atoms with Gasteiger partial charge in [-0.05, 0) is 39.8 Å². The first-order valence-corrected chi connectivity index (χ1v) is 9.71. The van der Waals surface area contributed by atoms with E-state index < -0.39 is 5.60 Å². The maximum absolute atomic E-state index is 12.1. The molecule has 0 aromatic carbocycles. The molecule has 0 aliphatic rings. The topological polar surface area (TPSA) is 112 Å². The summed E-state index contributed by atoms with van der Waals surface area (Å²) in [6.45, 7) is 9.02. The maximum Gasteiger partial charge on any atom is 0.263 e. The number of hydrogen-bond acceptors (Lipinski definition) is 6. The number of aliphatic hydroxyl groups is 1. The van der Waals surface area contributed by atoms with Crippen LogP contribution in [0.1, 0.15) is 40.7 Å². The van der Waals surface area contributed by atoms with Crippen LogP contribution in [0.4, 0.5) is 0 Å². The van der Waals surface area contributed by atoms with E-state index in [0.29, 0.717) is 36.2 Å². The lowest BCUT2D eigenvalue weighted by molar-refractivity contribution is 0.0428. The van der Waals surface area contributed by atoms with Crippen molar-refractivity contribution < 1.29 is 14.3 Å². The summed E-state index contributed by atoms with van der Waals surface area (Å²) in [5.74, 6) is 1.65. The zero-order chi connectivity index (χ0) is 19.9. The number of guanidine groups is 1. The van der Waals surface area contributed by atoms with Gasteiger partial charge in [0.25, 0.3) is 5.91 Å². The Kier molecular flexibility index (Phi) is 7.37. The number of aryl methyl sites for hydroxylation is 2. The van der Waals surface area contributed by atoms with E-state index in [-0.39, 0.29) is 12.5 Å². The van der Waals surface area contributed by atoms with Crippen LogP contribution >= 0.6 is 11.3 Å². The molecule has 2 rings (SSSR count). The van der Waals surface area contributed by atoms with Crippen molar-refractivity contribution in [2.45, 2.75) is 33.3 Å². The van der Waals surface area contributed by atoms with Crippen LogP contribution < -0.4 is 16.0 Å². The van der Waals surface area contributed by atoms with Gasteiger partial charge in [0.05, 0.1) is 17.7 Å². The van der Waals surface area contributed by atoms with Gasteiger partial charge in [-0.3, -0.25) is 4.79 Å². The molecule has 148 valence electrons. The predicted octanol–water partition coefficient (Wildman–Crippen LogP) is 1.55. The molecule has 0 radical (unpaired) electrons. The van der Waals surface area contributed by atoms with E-state index in [9.17, 15) is 9.90 Å². The number of carbonyl (C=O) groups excluding carboxylic acids is 1. The minimum Gasteiger partial charge on any atom is -0.463 e. The average Bonchev–Trinajstić information content (AvgIpc) is 3.25. The van der Waals surface area contributed by atoms with Crippen LogP contribution in [0.5, 0.6) is 0 Å². The van der Waals surface area contributed by atoms with E-state index in [4.69, 9.17) is 4.42 Å². The third kappa shape index (κ3) is 6.07. The number of aliphatic imine (C=N–C) groups is 1. The second-order valence-electron chi connectivity index (χ2n) is 6.33. The van der Waals surface area contributed by atoms with E-state index in [0.717, 1.165) is 11.5 Å². The summed E-state index contributed by atoms with van der Waals surface area (Å²) in [6, 6.07) is 3.56. The monoisotopic (exact) mass is 393 g/mol. The minimum absolute atomic E-state index is 0.130. The zero-order valence-electron chi connectivity index (χ0n) is 16.1. The molecular weight excluding hydrogens is 366 g/mol. The molecular formula is C18H27N5O3S. The zero-order valence-corrected chi connectivity index (χ0v) is 16.9. The first-order chi connectivity index (χ1) is 12.8. The molecule has 0 saturated heterocycles. The Labute approximate surface area is 163 Å². The number of thiazole rings is 1. The molecule has 2 aromatic rings. The lowest BCUT2D eigenvalue weighted by Gasteiger charge is -2.19. The van der Waals surface area contributed by atoms with E-state index >= 15 is 0 Å². The average molecular weight is 394 g/mol. The summed E-state index contributed by atoms with van der Waals surface area (Å²) in [4.78, 5) is 21.2. The summed E-state index contributed by atoms with van der Waals surface area (Å²) in [5.41, 5.74) is 1.19. The van der Waals surface area contributed by atoms with Crippen molar-refractivity contribution in [1.29, 1.82) is 0 Å². The molecule has 1 atom stereocenters. The van der Waals surface area contributed by atoms with Crippen LogP contribution in [-0.4, -0.2) is 48.1 Å². The van der Waals surface area contributed by atoms with Gasteiger partial charge >= 0.3 is 0 Å². The molecule has 27 heavy (non-hydrogen) atoms. The van der Waals surface area contributed by atoms with E-state index in [1.807, 2.05) is 26.8 Å². The molecule has 0 bridgehead atoms. The molecule has 0 saturated carbocycles. The number of nitrogens with one attached hydrogen (secondary N) is 3. The van der Waals surface area contributed by atoms with Gasteiger partial charge in [-0.1, -0.05) is 0 Å². The smallest absolute Gasteiger partial charge is 0.263 e. The highest BCUT2D eigenvalue weighted by Gasteiger charge is 2.26. The van der Waals surface area contributed by atoms with Crippen LogP contribution in [-0.2, 0) is 5.60 Å². The van der Waals surface area contributed by atoms with Gasteiger partial charge in [0.1, 0.15) is 22.0 Å². The number of aromatic nitrogens is 1. The Hall–Kier alpha value is -2.39. The quantitative estimate of drug-likeness (QED) is 0.308. The van der Waals surface area contributed by atoms with Crippen molar-refractivity contribution in [2.75, 3.05) is 26.2 Å². The summed E-state index contributed by atoms with van der Waals surface area (Å²) in [5, 5.41) is 19.7. The third-order valence-electron chi connectivity index (χ3n) is 3.82. The number of furan rings is 1. The van der Waals surface area contributed by atoms with Crippen molar-refractivity contribution in [2.24, 2.45) is 4.99 Å². The van der Waals surface area contributed by atoms with Gasteiger partial charge in [0.2, 0.25) is 0 Å². The van der Waals surface area contributed by atoms with Crippen molar-refractivity contribution in [3.63, 3.8) is 0 Å². The number of nitrogens with zero attached hydrogens (tertiary/aromatic N) is 2. The number of rotatable bonds is 8. The van der Waals surface area contributed by atoms with Gasteiger partial charge in [-0.15, -0.1) is 11.3 Å². The first kappa shape index (κ1) is 20.9. The van der Waals surface area contributed by atoms with Gasteiger partial charge in [0.15, 0.2) is 5.96 Å². The molecule has 8 nitrogen and oxygen atoms in total. The van der Waals surface area contributed by atoms with Crippen LogP contribution in [0.25, 0.3) is 0 Å². The molecule has 2 aromatic heterocycles. The molecule has 0 aliphatic heterocycles. The van der Waals surface area contributed by atoms with E-state index in [1.165, 1.54) is 11.3 Å². The normalized spacial score (nSPS) is 13.9. The fraction of sp³-hybridized carbons (Fsp3) is 0.500. The first-order valence-electron chi connectivity index (χ1n) is 8.83. The van der Waals surface area contributed by atoms with Crippen LogP contribution in [0.2, 0.25) is 0 Å². The fourth-order valence-corrected chi connectivity index (χ4v) is 3.05. The SMILES string of the molecule is CCNC(=NCC(C)(O)c1ccc(C)o1)NCCNC(=O)c1scnc1C. The number of hydrogen-bond donors (Lipinski definition) is 4. The van der Waals surface area contributed by atoms with Crippen LogP contribution in [0.3, 0.4) is 0 Å². The van der Waals surface area contributed by atoms with Crippen molar-refractivity contribution in [3.05, 3.63) is 39.7 Å². The lowest BCUT2D eigenvalue weighted by Crippen LogP contribution is -2.42. The Balaban J connectivity index is 1.84. The van der Waals surface area contributed by atoms with Gasteiger partial charge in [0, 0.05) is 19.6 Å². The van der Waals surface area contributed by atoms with Gasteiger partial charge in [-0.25, -0.2) is 9.98 Å². The molecule has 0 spiro atoms. The van der Waals surface area contributed by atoms with E-state index in [1.54, 1.807) is 18.5 Å². The standard InChI is InChI=1S/C18H27N5O3S/c1-5-19-17(22-10-18(4,25)14-7-6-12(2)26-14)21-9-8-20-16(24)15-13(3)23-11-27-15/h6-7,11,25H,5,8-10H2,1-4H3,(H,20,24)(H2,19,21,22). The molecule has 4 N–H and O–H groups in total. The third-order valence-corrected chi connectivity index (χ3v) is 4.74. The van der Waals surface area contributed by atoms with Crippen LogP contribution in [0.15, 0.2) is 27.1 Å². The summed E-state index contributed by atoms with van der Waals surface area (Å²) >= 11 is 1.32. The lowest BCUT2D eigenvalue weighted by atomic mass is 10.0. The molecule has 0 fully saturated rings. The summed E-state index contributed by atoms with van der Waals surface area (Å²) in [6.07, 6.45) is 0. The number of amides is 1. The second-order valence-corrected chi connectivity index (χ2v) is 7.18. The summed E-state index contributed by atoms with van der Waals surface area (Å²) < 4.78 is 5.50. The summed E-state index contributed by atoms with van der Waals surface area (Å²) in [7, 11) is 0. The Morgan fingerprint density at radius 2 is 2.04 bits per heavy atom. The number of carbonyl (C=O) groups is 1. The molecule has 1 unspecified atom stereocenters. The molecule has 9 heteroatoms. The molecule has 0 aliphatic carbocycles. The van der Waals surface area contributed by atoms with Crippen molar-refractivity contribution in [1.82, 2.24) is 20.9 Å². The highest BCUT2D eigenvalue weighted by atomic mass is 32.1. The second kappa shape index (κ2) is 9.52. The van der Waals surface area contributed by atoms with Gasteiger partial charge in [-0.2, -0.15) is 0 Å². The van der Waals surface area contributed by atoms with Crippen LogP contribution in [0, 0.1) is 13.8 Å². The molecule has 1 amide bonds. The maximum atomic E-state index is 12.1. The van der Waals surface area contributed by atoms with E-state index in [2.05, 4.69) is 25.9 Å². The fourth-order valence-electron chi connectivity index (χ4n) is 2.33. The largest absolute Gasteiger partial charge is 0.463 e. The Morgan fingerprint density at radius 3 is 2.63 bits per heavy atom. The Bertz CT molecular complexity index is 782. The molecule has 2 heterocycles. The van der Waals surface area contributed by atoms with Gasteiger partial charge < -0.3 is 25.5 Å².